The molecule has 4 aliphatic heterocycles. The van der Waals surface area contributed by atoms with Crippen molar-refractivity contribution in [2.75, 3.05) is 110 Å². The number of aliphatic hydroxyl groups excluding tert-OH is 6. The summed E-state index contributed by atoms with van der Waals surface area (Å²) >= 11 is 0. The Labute approximate surface area is 570 Å². The van der Waals surface area contributed by atoms with E-state index < -0.39 is 145 Å². The molecule has 0 aromatic heterocycles. The molecule has 95 heavy (non-hydrogen) atoms. The molecule has 8 amide bonds. The van der Waals surface area contributed by atoms with E-state index in [4.69, 9.17) is 34.9 Å². The van der Waals surface area contributed by atoms with Crippen LogP contribution in [0.1, 0.15) is 115 Å². The normalized spacial score (nSPS) is 23.4. The highest BCUT2D eigenvalue weighted by Gasteiger charge is 2.57. The van der Waals surface area contributed by atoms with Crippen molar-refractivity contribution >= 4 is 108 Å². The van der Waals surface area contributed by atoms with E-state index in [-0.39, 0.29) is 132 Å². The lowest BCUT2D eigenvalue weighted by Crippen LogP contribution is -2.68. The van der Waals surface area contributed by atoms with Crippen LogP contribution in [-0.4, -0.2) is 296 Å². The van der Waals surface area contributed by atoms with Gasteiger partial charge in [0.15, 0.2) is 0 Å². The van der Waals surface area contributed by atoms with Gasteiger partial charge >= 0.3 is 41.5 Å². The summed E-state index contributed by atoms with van der Waals surface area (Å²) in [5.74, 6) is -7.04. The van der Waals surface area contributed by atoms with Gasteiger partial charge in [0, 0.05) is 80.8 Å². The molecule has 12 N–H and O–H groups in total. The third kappa shape index (κ3) is 27.1. The van der Waals surface area contributed by atoms with E-state index in [0.29, 0.717) is 37.2 Å². The first-order valence-corrected chi connectivity index (χ1v) is 36.0. The Hall–Kier alpha value is -4.83. The predicted octanol–water partition coefficient (Wildman–Crippen LogP) is -2.22. The number of amides is 8. The number of hydrogen-bond donors (Lipinski definition) is 12. The van der Waals surface area contributed by atoms with Crippen LogP contribution in [0.3, 0.4) is 0 Å². The van der Waals surface area contributed by atoms with Crippen LogP contribution >= 0.6 is 43.2 Å². The molecule has 542 valence electrons. The standard InChI is InChI=1S/C59H98N8O24S4/c1-56(2,54(84)90-33-35-42(74)44(76)46(78)48-63-50(80)52(82)66(35)48)16-31-92-94-58(5,6)14-11-38(69)61-19-23-86-27-29-88-25-21-65(40(71)13-18-60-37(68)9-10-41(72)73)22-26-89-30-28-87-24-20-62-39(70)12-15-59(7,8)95-93-32-17-57(3,4)55(85)91-34-36-43(75)45(77)47(79)49-64-51(81)53(83)67(36)49/h35-36,42-49,74-79H,9-34H2,1-8H3,(H,60,68)(H,61,69)(H,62,70)(H,63,80)(H,64,81)(H,72,73)/t35?,36?,42-,43+,44+,45-,46+,47-,48+,49-/i9T/t9?,35?,36?,42-,43+,44+,45-,46+,47-,48+,49-. The first-order valence-electron chi connectivity index (χ1n) is 31.9. The SMILES string of the molecule is [3H]C(CC(=O)O)C(=O)NCCC(=O)N(CCOCCOCCNC(=O)CCC(C)(C)SSCCC(C)(C)C(=O)OCC1[C@@H](O)[C@H](O)[C@H](O)[C@H]2NC(=O)C(=O)N12)CCOCCOCCNC(=O)CCC(C)(C)SSCCC(C)(C)C(=O)OCC1[C@H](O)[C@@H](O)[C@@H](O)[C@@H]2NC(=O)C(=O)N12. The van der Waals surface area contributed by atoms with Crippen LogP contribution in [0.25, 0.3) is 0 Å². The molecule has 4 rings (SSSR count). The Kier molecular flexibility index (Phi) is 33.8. The number of carboxylic acid groups (broad SMARTS) is 1. The number of aliphatic hydroxyl groups is 6. The van der Waals surface area contributed by atoms with E-state index in [1.807, 2.05) is 27.7 Å². The van der Waals surface area contributed by atoms with Gasteiger partial charge in [-0.05, 0) is 81.1 Å². The average molecular weight is 1430 g/mol. The van der Waals surface area contributed by atoms with Crippen LogP contribution in [0.5, 0.6) is 0 Å². The number of carbonyl (C=O) groups is 11. The maximum Gasteiger partial charge on any atom is 0.314 e. The first-order chi connectivity index (χ1) is 45.0. The lowest BCUT2D eigenvalue weighted by Gasteiger charge is -2.44. The summed E-state index contributed by atoms with van der Waals surface area (Å²) in [6.07, 6.45) is -12.5. The Morgan fingerprint density at radius 3 is 1.27 bits per heavy atom. The molecule has 4 saturated heterocycles. The molecule has 0 aromatic rings. The number of carbonyl (C=O) groups excluding carboxylic acids is 10. The number of carboxylic acids is 1. The average Bonchev–Trinajstić information content (AvgIpc) is 1.58. The van der Waals surface area contributed by atoms with Crippen molar-refractivity contribution in [3.05, 3.63) is 0 Å². The second kappa shape index (κ2) is 39.7. The molecule has 4 heterocycles. The largest absolute Gasteiger partial charge is 0.481 e. The zero-order valence-corrected chi connectivity index (χ0v) is 58.3. The molecule has 32 nitrogen and oxygen atoms in total. The van der Waals surface area contributed by atoms with Crippen LogP contribution in [0.2, 0.25) is 0 Å². The highest BCUT2D eigenvalue weighted by molar-refractivity contribution is 8.77. The highest BCUT2D eigenvalue weighted by atomic mass is 33.1. The highest BCUT2D eigenvalue weighted by Crippen LogP contribution is 2.42. The Morgan fingerprint density at radius 2 is 0.884 bits per heavy atom. The van der Waals surface area contributed by atoms with Crippen LogP contribution in [-0.2, 0) is 81.2 Å². The van der Waals surface area contributed by atoms with Gasteiger partial charge in [0.25, 0.3) is 0 Å². The number of rotatable bonds is 46. The maximum atomic E-state index is 13.2. The van der Waals surface area contributed by atoms with Crippen molar-refractivity contribution in [2.24, 2.45) is 10.8 Å². The van der Waals surface area contributed by atoms with E-state index in [9.17, 15) is 83.4 Å². The van der Waals surface area contributed by atoms with Gasteiger partial charge in [-0.3, -0.25) is 52.7 Å². The second-order valence-electron chi connectivity index (χ2n) is 25.5. The van der Waals surface area contributed by atoms with Crippen molar-refractivity contribution in [3.63, 3.8) is 0 Å². The summed E-state index contributed by atoms with van der Waals surface area (Å²) in [6.45, 7) is 15.8. The van der Waals surface area contributed by atoms with E-state index in [0.717, 1.165) is 9.80 Å². The quantitative estimate of drug-likeness (QED) is 0.0133. The molecule has 0 bridgehead atoms. The molecule has 4 aliphatic rings. The van der Waals surface area contributed by atoms with Crippen molar-refractivity contribution in [2.45, 2.75) is 184 Å². The van der Waals surface area contributed by atoms with Gasteiger partial charge in [0.05, 0.1) is 82.2 Å². The summed E-state index contributed by atoms with van der Waals surface area (Å²) in [5, 5.41) is 83.7. The van der Waals surface area contributed by atoms with Crippen LogP contribution in [0, 0.1) is 10.8 Å². The van der Waals surface area contributed by atoms with Gasteiger partial charge in [-0.1, -0.05) is 43.2 Å². The third-order valence-electron chi connectivity index (χ3n) is 15.9. The Bertz CT molecular complexity index is 2490. The number of nitrogens with one attached hydrogen (secondary N) is 5. The third-order valence-corrected chi connectivity index (χ3v) is 22.6. The summed E-state index contributed by atoms with van der Waals surface area (Å²) in [5.41, 5.74) is -1.96. The summed E-state index contributed by atoms with van der Waals surface area (Å²) < 4.78 is 40.6. The summed E-state index contributed by atoms with van der Waals surface area (Å²) in [4.78, 5) is 140. The smallest absolute Gasteiger partial charge is 0.314 e. The minimum Gasteiger partial charge on any atom is -0.481 e. The number of nitrogens with zero attached hydrogens (tertiary/aromatic N) is 3. The lowest BCUT2D eigenvalue weighted by atomic mass is 9.90. The van der Waals surface area contributed by atoms with Gasteiger partial charge in [-0.15, -0.1) is 0 Å². The molecule has 11 atom stereocenters. The molecule has 3 unspecified atom stereocenters. The molecule has 4 fully saturated rings. The zero-order chi connectivity index (χ0) is 71.7. The van der Waals surface area contributed by atoms with Crippen molar-refractivity contribution in [1.82, 2.24) is 41.3 Å². The monoisotopic (exact) mass is 1430 g/mol. The summed E-state index contributed by atoms with van der Waals surface area (Å²) in [7, 11) is 6.18. The molecule has 0 saturated carbocycles. The molecule has 0 radical (unpaired) electrons. The topological polar surface area (TPSA) is 455 Å². The molecule has 0 aliphatic carbocycles. The molecular weight excluding hydrogens is 1330 g/mol. The molecular formula is C59H98N8O24S4. The molecule has 36 heteroatoms. The van der Waals surface area contributed by atoms with Crippen LogP contribution < -0.4 is 26.6 Å². The van der Waals surface area contributed by atoms with Crippen LogP contribution in [0.15, 0.2) is 0 Å². The van der Waals surface area contributed by atoms with E-state index in [1.54, 1.807) is 49.3 Å². The Balaban J connectivity index is 1.03. The van der Waals surface area contributed by atoms with Gasteiger partial charge in [0.1, 0.15) is 62.2 Å². The van der Waals surface area contributed by atoms with Crippen molar-refractivity contribution in [1.29, 1.82) is 0 Å². The van der Waals surface area contributed by atoms with Gasteiger partial charge in [-0.2, -0.15) is 0 Å². The Morgan fingerprint density at radius 1 is 0.505 bits per heavy atom. The number of hydrogen-bond acceptors (Lipinski definition) is 27. The van der Waals surface area contributed by atoms with Crippen LogP contribution in [0.4, 0.5) is 0 Å². The van der Waals surface area contributed by atoms with Gasteiger partial charge in [0.2, 0.25) is 23.6 Å². The van der Waals surface area contributed by atoms with E-state index in [1.165, 1.54) is 26.5 Å². The fraction of sp³-hybridized carbons (Fsp3) is 0.814. The lowest BCUT2D eigenvalue weighted by molar-refractivity contribution is -0.184. The number of aliphatic carboxylic acids is 1. The van der Waals surface area contributed by atoms with Gasteiger partial charge in [-0.25, -0.2) is 0 Å². The number of ether oxygens (including phenoxy) is 6. The number of piperidine rings is 2. The van der Waals surface area contributed by atoms with Crippen molar-refractivity contribution in [3.8, 4) is 0 Å². The van der Waals surface area contributed by atoms with Gasteiger partial charge < -0.3 is 105 Å². The number of fused-ring (bicyclic) bond motifs is 2. The minimum absolute atomic E-state index is 0.123. The molecule has 0 aromatic carbocycles. The first kappa shape index (κ1) is 80.8. The summed E-state index contributed by atoms with van der Waals surface area (Å²) in [6, 6.07) is -2.52. The molecule has 0 spiro atoms. The fourth-order valence-electron chi connectivity index (χ4n) is 9.74. The number of esters is 2. The maximum absolute atomic E-state index is 13.2. The van der Waals surface area contributed by atoms with Crippen molar-refractivity contribution < 1.29 is 118 Å². The minimum atomic E-state index is -1.69. The zero-order valence-electron chi connectivity index (χ0n) is 56.1. The van der Waals surface area contributed by atoms with E-state index >= 15 is 0 Å². The second-order valence-corrected chi connectivity index (χ2v) is 31.8. The predicted molar refractivity (Wildman–Crippen MR) is 347 cm³/mol. The van der Waals surface area contributed by atoms with E-state index in [2.05, 4.69) is 26.6 Å². The fourth-order valence-corrected chi connectivity index (χ4v) is 15.5.